The minimum atomic E-state index is -0.541. The van der Waals surface area contributed by atoms with Gasteiger partial charge in [0.15, 0.2) is 0 Å². The van der Waals surface area contributed by atoms with Gasteiger partial charge in [0.1, 0.15) is 11.1 Å². The van der Waals surface area contributed by atoms with Crippen LogP contribution in [0.25, 0.3) is 11.0 Å². The first-order valence-electron chi connectivity index (χ1n) is 7.80. The average Bonchev–Trinajstić information content (AvgIpc) is 2.79. The normalized spacial score (nSPS) is 23.4. The van der Waals surface area contributed by atoms with Gasteiger partial charge in [0.2, 0.25) is 0 Å². The molecule has 0 saturated carbocycles. The van der Waals surface area contributed by atoms with Gasteiger partial charge in [-0.05, 0) is 37.9 Å². The minimum absolute atomic E-state index is 0. The molecule has 6 heteroatoms. The molecule has 2 aromatic rings. The summed E-state index contributed by atoms with van der Waals surface area (Å²) < 4.78 is 5.31. The standard InChI is InChI=1S/C17H18N2O3.ClH/c20-16(19-12-5-6-13(19)10-18-8-7-12)14-9-11-3-1-2-4-15(11)22-17(14)21;/h1-4,9,12-13,18H,5-8,10H2;1H. The lowest BCUT2D eigenvalue weighted by Crippen LogP contribution is -2.44. The maximum Gasteiger partial charge on any atom is 0.349 e. The van der Waals surface area contributed by atoms with Crippen LogP contribution in [0.2, 0.25) is 0 Å². The SMILES string of the molecule is Cl.O=C(c1cc2ccccc2oc1=O)N1C2CCNCC1CC2. The smallest absolute Gasteiger partial charge is 0.349 e. The van der Waals surface area contributed by atoms with E-state index in [1.54, 1.807) is 12.1 Å². The quantitative estimate of drug-likeness (QED) is 0.812. The minimum Gasteiger partial charge on any atom is -0.422 e. The largest absolute Gasteiger partial charge is 0.422 e. The Balaban J connectivity index is 0.00000156. The van der Waals surface area contributed by atoms with Gasteiger partial charge in [-0.25, -0.2) is 4.79 Å². The molecule has 2 saturated heterocycles. The van der Waals surface area contributed by atoms with Crippen molar-refractivity contribution < 1.29 is 9.21 Å². The summed E-state index contributed by atoms with van der Waals surface area (Å²) in [5, 5.41) is 4.15. The van der Waals surface area contributed by atoms with E-state index in [2.05, 4.69) is 5.32 Å². The molecule has 2 fully saturated rings. The lowest BCUT2D eigenvalue weighted by molar-refractivity contribution is 0.0676. The van der Waals surface area contributed by atoms with Crippen molar-refractivity contribution in [3.8, 4) is 0 Å². The van der Waals surface area contributed by atoms with Gasteiger partial charge in [-0.1, -0.05) is 18.2 Å². The fourth-order valence-electron chi connectivity index (χ4n) is 3.66. The Morgan fingerprint density at radius 2 is 1.96 bits per heavy atom. The van der Waals surface area contributed by atoms with Crippen molar-refractivity contribution in [2.24, 2.45) is 0 Å². The summed E-state index contributed by atoms with van der Waals surface area (Å²) in [6.07, 6.45) is 2.97. The van der Waals surface area contributed by atoms with Crippen molar-refractivity contribution in [2.75, 3.05) is 13.1 Å². The van der Waals surface area contributed by atoms with Crippen LogP contribution in [0, 0.1) is 0 Å². The second-order valence-electron chi connectivity index (χ2n) is 6.08. The number of hydrogen-bond donors (Lipinski definition) is 1. The third kappa shape index (κ3) is 2.75. The van der Waals surface area contributed by atoms with Crippen LogP contribution < -0.4 is 10.9 Å². The second-order valence-corrected chi connectivity index (χ2v) is 6.08. The van der Waals surface area contributed by atoms with Crippen molar-refractivity contribution in [1.29, 1.82) is 0 Å². The molecular formula is C17H19ClN2O3. The molecule has 4 rings (SSSR count). The van der Waals surface area contributed by atoms with Gasteiger partial charge in [0, 0.05) is 24.0 Å². The summed E-state index contributed by atoms with van der Waals surface area (Å²) in [4.78, 5) is 27.0. The summed E-state index contributed by atoms with van der Waals surface area (Å²) in [6, 6.07) is 9.37. The van der Waals surface area contributed by atoms with E-state index in [0.29, 0.717) is 5.58 Å². The first kappa shape index (κ1) is 16.0. The number of carbonyl (C=O) groups excluding carboxylic acids is 1. The van der Waals surface area contributed by atoms with Crippen LogP contribution in [0.15, 0.2) is 39.5 Å². The van der Waals surface area contributed by atoms with Crippen LogP contribution in [-0.4, -0.2) is 36.0 Å². The number of benzene rings is 1. The summed E-state index contributed by atoms with van der Waals surface area (Å²) in [5.74, 6) is -0.185. The Labute approximate surface area is 140 Å². The summed E-state index contributed by atoms with van der Waals surface area (Å²) in [5.41, 5.74) is 0.127. The molecule has 23 heavy (non-hydrogen) atoms. The highest BCUT2D eigenvalue weighted by molar-refractivity contribution is 5.97. The van der Waals surface area contributed by atoms with Gasteiger partial charge in [-0.15, -0.1) is 12.4 Å². The molecule has 5 nitrogen and oxygen atoms in total. The number of para-hydroxylation sites is 1. The van der Waals surface area contributed by atoms with E-state index in [0.717, 1.165) is 37.7 Å². The average molecular weight is 335 g/mol. The number of rotatable bonds is 1. The van der Waals surface area contributed by atoms with E-state index >= 15 is 0 Å². The van der Waals surface area contributed by atoms with Crippen LogP contribution >= 0.6 is 12.4 Å². The van der Waals surface area contributed by atoms with Crippen molar-refractivity contribution in [3.05, 3.63) is 46.3 Å². The fourth-order valence-corrected chi connectivity index (χ4v) is 3.66. The van der Waals surface area contributed by atoms with Gasteiger partial charge in [-0.2, -0.15) is 0 Å². The number of carbonyl (C=O) groups is 1. The first-order chi connectivity index (χ1) is 10.7. The van der Waals surface area contributed by atoms with E-state index in [-0.39, 0.29) is 36.0 Å². The third-order valence-corrected chi connectivity index (χ3v) is 4.76. The molecule has 1 N–H and O–H groups in total. The molecule has 1 amide bonds. The third-order valence-electron chi connectivity index (χ3n) is 4.76. The zero-order chi connectivity index (χ0) is 15.1. The fraction of sp³-hybridized carbons (Fsp3) is 0.412. The molecule has 0 spiro atoms. The molecule has 2 unspecified atom stereocenters. The molecule has 2 atom stereocenters. The van der Waals surface area contributed by atoms with Gasteiger partial charge in [0.25, 0.3) is 5.91 Å². The van der Waals surface area contributed by atoms with Gasteiger partial charge < -0.3 is 14.6 Å². The number of nitrogens with one attached hydrogen (secondary N) is 1. The predicted octanol–water partition coefficient (Wildman–Crippen LogP) is 2.18. The van der Waals surface area contributed by atoms with Crippen LogP contribution in [0.3, 0.4) is 0 Å². The lowest BCUT2D eigenvalue weighted by atomic mass is 10.1. The first-order valence-corrected chi connectivity index (χ1v) is 7.80. The molecule has 0 radical (unpaired) electrons. The van der Waals surface area contributed by atoms with E-state index in [1.165, 1.54) is 0 Å². The highest BCUT2D eigenvalue weighted by Gasteiger charge is 2.39. The van der Waals surface area contributed by atoms with Crippen molar-refractivity contribution in [1.82, 2.24) is 10.2 Å². The Hall–Kier alpha value is -1.85. The van der Waals surface area contributed by atoms with E-state index in [4.69, 9.17) is 4.42 Å². The van der Waals surface area contributed by atoms with E-state index in [9.17, 15) is 9.59 Å². The molecule has 2 bridgehead atoms. The number of hydrogen-bond acceptors (Lipinski definition) is 4. The number of amides is 1. The molecular weight excluding hydrogens is 316 g/mol. The monoisotopic (exact) mass is 334 g/mol. The number of nitrogens with zero attached hydrogens (tertiary/aromatic N) is 1. The molecule has 3 heterocycles. The lowest BCUT2D eigenvalue weighted by Gasteiger charge is -2.27. The van der Waals surface area contributed by atoms with E-state index in [1.807, 2.05) is 23.1 Å². The van der Waals surface area contributed by atoms with Gasteiger partial charge >= 0.3 is 5.63 Å². The highest BCUT2D eigenvalue weighted by Crippen LogP contribution is 2.29. The Morgan fingerprint density at radius 3 is 2.83 bits per heavy atom. The molecule has 1 aromatic heterocycles. The Morgan fingerprint density at radius 1 is 1.17 bits per heavy atom. The summed E-state index contributed by atoms with van der Waals surface area (Å²) in [7, 11) is 0. The second kappa shape index (κ2) is 6.34. The Kier molecular flexibility index (Phi) is 4.41. The molecule has 2 aliphatic rings. The molecule has 2 aliphatic heterocycles. The summed E-state index contributed by atoms with van der Waals surface area (Å²) >= 11 is 0. The predicted molar refractivity (Wildman–Crippen MR) is 90.2 cm³/mol. The molecule has 0 aliphatic carbocycles. The van der Waals surface area contributed by atoms with Crippen LogP contribution in [0.5, 0.6) is 0 Å². The van der Waals surface area contributed by atoms with Crippen LogP contribution in [-0.2, 0) is 0 Å². The Bertz CT molecular complexity index is 775. The van der Waals surface area contributed by atoms with Crippen molar-refractivity contribution >= 4 is 29.3 Å². The van der Waals surface area contributed by atoms with Crippen LogP contribution in [0.1, 0.15) is 29.6 Å². The summed E-state index contributed by atoms with van der Waals surface area (Å²) in [6.45, 7) is 1.73. The highest BCUT2D eigenvalue weighted by atomic mass is 35.5. The maximum atomic E-state index is 12.9. The van der Waals surface area contributed by atoms with Crippen LogP contribution in [0.4, 0.5) is 0 Å². The topological polar surface area (TPSA) is 62.6 Å². The molecule has 122 valence electrons. The number of halogens is 1. The zero-order valence-corrected chi connectivity index (χ0v) is 13.5. The number of fused-ring (bicyclic) bond motifs is 3. The van der Waals surface area contributed by atoms with Crippen molar-refractivity contribution in [2.45, 2.75) is 31.3 Å². The van der Waals surface area contributed by atoms with E-state index < -0.39 is 5.63 Å². The molecule has 1 aromatic carbocycles. The van der Waals surface area contributed by atoms with Gasteiger partial charge in [-0.3, -0.25) is 4.79 Å². The van der Waals surface area contributed by atoms with Gasteiger partial charge in [0.05, 0.1) is 0 Å². The van der Waals surface area contributed by atoms with Crippen molar-refractivity contribution in [3.63, 3.8) is 0 Å². The zero-order valence-electron chi connectivity index (χ0n) is 12.7. The maximum absolute atomic E-state index is 12.9.